The first-order chi connectivity index (χ1) is 8.38. The Bertz CT molecular complexity index is 337. The van der Waals surface area contributed by atoms with Crippen molar-refractivity contribution < 1.29 is 4.74 Å². The minimum atomic E-state index is 0.434. The summed E-state index contributed by atoms with van der Waals surface area (Å²) in [4.78, 5) is 4.41. The molecule has 1 aliphatic rings. The van der Waals surface area contributed by atoms with Gasteiger partial charge in [-0.25, -0.2) is 4.98 Å². The molecule has 0 radical (unpaired) electrons. The van der Waals surface area contributed by atoms with Crippen molar-refractivity contribution in [3.63, 3.8) is 0 Å². The minimum absolute atomic E-state index is 0.434. The Hall–Kier alpha value is -1.29. The molecule has 2 heterocycles. The van der Waals surface area contributed by atoms with E-state index in [2.05, 4.69) is 15.6 Å². The third kappa shape index (κ3) is 3.89. The van der Waals surface area contributed by atoms with Crippen molar-refractivity contribution in [2.45, 2.75) is 31.8 Å². The van der Waals surface area contributed by atoms with Gasteiger partial charge in [-0.2, -0.15) is 0 Å². The molecule has 1 atom stereocenters. The molecule has 2 N–H and O–H groups in total. The molecule has 0 spiro atoms. The predicted molar refractivity (Wildman–Crippen MR) is 70.5 cm³/mol. The van der Waals surface area contributed by atoms with Crippen molar-refractivity contribution in [2.75, 3.05) is 30.8 Å². The van der Waals surface area contributed by atoms with Crippen LogP contribution in [0.5, 0.6) is 0 Å². The summed E-state index contributed by atoms with van der Waals surface area (Å²) >= 11 is 0. The highest BCUT2D eigenvalue weighted by atomic mass is 16.5. The lowest BCUT2D eigenvalue weighted by Crippen LogP contribution is -2.22. The van der Waals surface area contributed by atoms with Gasteiger partial charge in [-0.3, -0.25) is 0 Å². The number of hydrogen-bond donors (Lipinski definition) is 2. The SMILES string of the molecule is CNc1cccc(NCCC2CCCCO2)n1. The van der Waals surface area contributed by atoms with Crippen molar-refractivity contribution >= 4 is 11.6 Å². The van der Waals surface area contributed by atoms with Crippen LogP contribution in [0, 0.1) is 0 Å². The molecule has 1 aromatic rings. The molecule has 0 bridgehead atoms. The monoisotopic (exact) mass is 235 g/mol. The highest BCUT2D eigenvalue weighted by Gasteiger charge is 2.12. The van der Waals surface area contributed by atoms with Crippen LogP contribution >= 0.6 is 0 Å². The van der Waals surface area contributed by atoms with E-state index in [9.17, 15) is 0 Å². The van der Waals surface area contributed by atoms with Crippen LogP contribution in [0.4, 0.5) is 11.6 Å². The van der Waals surface area contributed by atoms with Gasteiger partial charge >= 0.3 is 0 Å². The highest BCUT2D eigenvalue weighted by molar-refractivity contribution is 5.44. The summed E-state index contributed by atoms with van der Waals surface area (Å²) in [6.45, 7) is 1.85. The molecular formula is C13H21N3O. The van der Waals surface area contributed by atoms with E-state index < -0.39 is 0 Å². The summed E-state index contributed by atoms with van der Waals surface area (Å²) in [7, 11) is 1.88. The number of aromatic nitrogens is 1. The van der Waals surface area contributed by atoms with Crippen molar-refractivity contribution in [3.8, 4) is 0 Å². The van der Waals surface area contributed by atoms with Crippen molar-refractivity contribution in [1.29, 1.82) is 0 Å². The molecule has 0 saturated carbocycles. The first-order valence-electron chi connectivity index (χ1n) is 6.39. The molecule has 1 aliphatic heterocycles. The van der Waals surface area contributed by atoms with Crippen molar-refractivity contribution in [2.24, 2.45) is 0 Å². The maximum Gasteiger partial charge on any atom is 0.128 e. The molecule has 2 rings (SSSR count). The van der Waals surface area contributed by atoms with Crippen LogP contribution in [0.2, 0.25) is 0 Å². The molecule has 4 nitrogen and oxygen atoms in total. The normalized spacial score (nSPS) is 19.9. The molecule has 1 unspecified atom stereocenters. The average Bonchev–Trinajstić information content (AvgIpc) is 2.40. The second kappa shape index (κ2) is 6.45. The quantitative estimate of drug-likeness (QED) is 0.823. The van der Waals surface area contributed by atoms with Crippen LogP contribution in [0.3, 0.4) is 0 Å². The summed E-state index contributed by atoms with van der Waals surface area (Å²) in [6.07, 6.45) is 5.22. The maximum atomic E-state index is 5.69. The maximum absolute atomic E-state index is 5.69. The largest absolute Gasteiger partial charge is 0.378 e. The summed E-state index contributed by atoms with van der Waals surface area (Å²) in [5.74, 6) is 1.82. The van der Waals surface area contributed by atoms with Gasteiger partial charge in [0.2, 0.25) is 0 Å². The van der Waals surface area contributed by atoms with Crippen LogP contribution in [0.15, 0.2) is 18.2 Å². The van der Waals surface area contributed by atoms with Crippen LogP contribution in [0.1, 0.15) is 25.7 Å². The van der Waals surface area contributed by atoms with E-state index in [1.165, 1.54) is 19.3 Å². The van der Waals surface area contributed by atoms with Crippen LogP contribution < -0.4 is 10.6 Å². The molecule has 1 saturated heterocycles. The molecular weight excluding hydrogens is 214 g/mol. The number of pyridine rings is 1. The third-order valence-corrected chi connectivity index (χ3v) is 3.05. The second-order valence-electron chi connectivity index (χ2n) is 4.36. The predicted octanol–water partition coefficient (Wildman–Crippen LogP) is 2.49. The van der Waals surface area contributed by atoms with E-state index in [4.69, 9.17) is 4.74 Å². The van der Waals surface area contributed by atoms with Crippen molar-refractivity contribution in [3.05, 3.63) is 18.2 Å². The fourth-order valence-corrected chi connectivity index (χ4v) is 2.07. The topological polar surface area (TPSA) is 46.2 Å². The lowest BCUT2D eigenvalue weighted by atomic mass is 10.1. The molecule has 0 amide bonds. The molecule has 0 aliphatic carbocycles. The summed E-state index contributed by atoms with van der Waals surface area (Å²) in [5, 5.41) is 6.37. The number of nitrogens with one attached hydrogen (secondary N) is 2. The first kappa shape index (κ1) is 12.2. The average molecular weight is 235 g/mol. The Morgan fingerprint density at radius 3 is 3.00 bits per heavy atom. The fraction of sp³-hybridized carbons (Fsp3) is 0.615. The Morgan fingerprint density at radius 2 is 2.24 bits per heavy atom. The van der Waals surface area contributed by atoms with E-state index in [-0.39, 0.29) is 0 Å². The standard InChI is InChI=1S/C13H21N3O/c1-14-12-6-4-7-13(16-12)15-9-8-11-5-2-3-10-17-11/h4,6-7,11H,2-3,5,8-10H2,1H3,(H2,14,15,16). The Balaban J connectivity index is 1.73. The van der Waals surface area contributed by atoms with E-state index >= 15 is 0 Å². The number of anilines is 2. The van der Waals surface area contributed by atoms with Crippen LogP contribution in [0.25, 0.3) is 0 Å². The molecule has 1 aromatic heterocycles. The van der Waals surface area contributed by atoms with Gasteiger partial charge in [-0.15, -0.1) is 0 Å². The molecule has 0 aromatic carbocycles. The second-order valence-corrected chi connectivity index (χ2v) is 4.36. The van der Waals surface area contributed by atoms with E-state index in [1.54, 1.807) is 0 Å². The van der Waals surface area contributed by atoms with Gasteiger partial charge in [-0.05, 0) is 37.8 Å². The zero-order valence-corrected chi connectivity index (χ0v) is 10.4. The van der Waals surface area contributed by atoms with E-state index in [0.717, 1.165) is 31.2 Å². The van der Waals surface area contributed by atoms with Crippen LogP contribution in [-0.4, -0.2) is 31.3 Å². The smallest absolute Gasteiger partial charge is 0.128 e. The van der Waals surface area contributed by atoms with Gasteiger partial charge in [0.15, 0.2) is 0 Å². The van der Waals surface area contributed by atoms with E-state index in [1.807, 2.05) is 25.2 Å². The Morgan fingerprint density at radius 1 is 1.35 bits per heavy atom. The lowest BCUT2D eigenvalue weighted by Gasteiger charge is -2.22. The summed E-state index contributed by atoms with van der Waals surface area (Å²) < 4.78 is 5.69. The summed E-state index contributed by atoms with van der Waals surface area (Å²) in [6, 6.07) is 5.94. The van der Waals surface area contributed by atoms with Gasteiger partial charge in [0.1, 0.15) is 11.6 Å². The number of nitrogens with zero attached hydrogens (tertiary/aromatic N) is 1. The zero-order chi connectivity index (χ0) is 11.9. The van der Waals surface area contributed by atoms with Crippen molar-refractivity contribution in [1.82, 2.24) is 4.98 Å². The van der Waals surface area contributed by atoms with Gasteiger partial charge < -0.3 is 15.4 Å². The zero-order valence-electron chi connectivity index (χ0n) is 10.4. The van der Waals surface area contributed by atoms with Gasteiger partial charge in [0.05, 0.1) is 6.10 Å². The lowest BCUT2D eigenvalue weighted by molar-refractivity contribution is 0.0134. The molecule has 1 fully saturated rings. The number of ether oxygens (including phenoxy) is 1. The van der Waals surface area contributed by atoms with E-state index in [0.29, 0.717) is 6.10 Å². The first-order valence-corrected chi connectivity index (χ1v) is 6.39. The molecule has 17 heavy (non-hydrogen) atoms. The Labute approximate surface area is 103 Å². The number of hydrogen-bond acceptors (Lipinski definition) is 4. The van der Waals surface area contributed by atoms with Gasteiger partial charge in [0.25, 0.3) is 0 Å². The van der Waals surface area contributed by atoms with Gasteiger partial charge in [0, 0.05) is 20.2 Å². The molecule has 94 valence electrons. The molecule has 4 heteroatoms. The van der Waals surface area contributed by atoms with Crippen LogP contribution in [-0.2, 0) is 4.74 Å². The highest BCUT2D eigenvalue weighted by Crippen LogP contribution is 2.16. The summed E-state index contributed by atoms with van der Waals surface area (Å²) in [5.41, 5.74) is 0. The minimum Gasteiger partial charge on any atom is -0.378 e. The Kier molecular flexibility index (Phi) is 4.62. The van der Waals surface area contributed by atoms with Gasteiger partial charge in [-0.1, -0.05) is 6.07 Å². The number of rotatable bonds is 5. The fourth-order valence-electron chi connectivity index (χ4n) is 2.07. The third-order valence-electron chi connectivity index (χ3n) is 3.05.